The van der Waals surface area contributed by atoms with Crippen molar-refractivity contribution in [2.24, 2.45) is 5.41 Å². The summed E-state index contributed by atoms with van der Waals surface area (Å²) >= 11 is 0. The molecule has 17 heavy (non-hydrogen) atoms. The fourth-order valence-corrected chi connectivity index (χ4v) is 2.63. The van der Waals surface area contributed by atoms with Gasteiger partial charge in [-0.15, -0.1) is 0 Å². The highest BCUT2D eigenvalue weighted by Crippen LogP contribution is 2.25. The van der Waals surface area contributed by atoms with Gasteiger partial charge in [0, 0.05) is 12.6 Å². The van der Waals surface area contributed by atoms with Crippen molar-refractivity contribution in [1.29, 1.82) is 0 Å². The third-order valence-electron chi connectivity index (χ3n) is 2.80. The van der Waals surface area contributed by atoms with Crippen LogP contribution < -0.4 is 9.44 Å². The molecular weight excluding hydrogens is 244 g/mol. The zero-order chi connectivity index (χ0) is 13.7. The second-order valence-corrected chi connectivity index (χ2v) is 5.92. The van der Waals surface area contributed by atoms with E-state index in [-0.39, 0.29) is 12.6 Å². The van der Waals surface area contributed by atoms with E-state index in [2.05, 4.69) is 9.44 Å². The highest BCUT2D eigenvalue weighted by Gasteiger charge is 2.35. The molecular formula is C10H22N2O4S. The molecule has 0 saturated carbocycles. The molecule has 0 heterocycles. The fourth-order valence-electron chi connectivity index (χ4n) is 1.46. The van der Waals surface area contributed by atoms with Gasteiger partial charge in [0.1, 0.15) is 0 Å². The summed E-state index contributed by atoms with van der Waals surface area (Å²) in [6, 6.07) is -0.227. The van der Waals surface area contributed by atoms with E-state index in [9.17, 15) is 13.2 Å². The van der Waals surface area contributed by atoms with Crippen molar-refractivity contribution in [2.75, 3.05) is 6.54 Å². The molecule has 0 spiro atoms. The zero-order valence-electron chi connectivity index (χ0n) is 10.8. The quantitative estimate of drug-likeness (QED) is 0.603. The van der Waals surface area contributed by atoms with Gasteiger partial charge in [-0.3, -0.25) is 4.79 Å². The van der Waals surface area contributed by atoms with E-state index in [1.807, 2.05) is 0 Å². The van der Waals surface area contributed by atoms with Gasteiger partial charge in [0.05, 0.1) is 5.41 Å². The fraction of sp³-hybridized carbons (Fsp3) is 0.900. The third kappa shape index (κ3) is 5.01. The number of carboxylic acid groups (broad SMARTS) is 1. The van der Waals surface area contributed by atoms with Gasteiger partial charge in [-0.05, 0) is 26.7 Å². The van der Waals surface area contributed by atoms with Gasteiger partial charge < -0.3 is 5.11 Å². The molecule has 0 aliphatic rings. The van der Waals surface area contributed by atoms with Crippen molar-refractivity contribution in [2.45, 2.75) is 46.6 Å². The van der Waals surface area contributed by atoms with Gasteiger partial charge in [-0.25, -0.2) is 4.72 Å². The van der Waals surface area contributed by atoms with Crippen LogP contribution in [0.4, 0.5) is 0 Å². The summed E-state index contributed by atoms with van der Waals surface area (Å²) in [6.07, 6.45) is 0.756. The Kier molecular flexibility index (Phi) is 6.08. The standard InChI is InChI=1S/C10H22N2O4S/c1-5-10(6-2,9(13)14)7-11-17(15,16)12-8(3)4/h8,11-12H,5-7H2,1-4H3,(H,13,14). The number of carboxylic acids is 1. The molecule has 0 aromatic rings. The Morgan fingerprint density at radius 1 is 1.29 bits per heavy atom. The van der Waals surface area contributed by atoms with Crippen molar-refractivity contribution in [3.8, 4) is 0 Å². The smallest absolute Gasteiger partial charge is 0.310 e. The van der Waals surface area contributed by atoms with E-state index >= 15 is 0 Å². The normalized spacial score (nSPS) is 13.0. The van der Waals surface area contributed by atoms with Crippen molar-refractivity contribution in [3.63, 3.8) is 0 Å². The topological polar surface area (TPSA) is 95.5 Å². The molecule has 0 unspecified atom stereocenters. The van der Waals surface area contributed by atoms with Crippen molar-refractivity contribution < 1.29 is 18.3 Å². The maximum atomic E-state index is 11.5. The largest absolute Gasteiger partial charge is 0.481 e. The molecule has 0 aromatic carbocycles. The summed E-state index contributed by atoms with van der Waals surface area (Å²) in [6.45, 7) is 6.77. The van der Waals surface area contributed by atoms with Crippen molar-refractivity contribution in [3.05, 3.63) is 0 Å². The monoisotopic (exact) mass is 266 g/mol. The SMILES string of the molecule is CCC(CC)(CNS(=O)(=O)NC(C)C)C(=O)O. The van der Waals surface area contributed by atoms with E-state index in [1.54, 1.807) is 27.7 Å². The molecule has 0 saturated heterocycles. The van der Waals surface area contributed by atoms with E-state index in [1.165, 1.54) is 0 Å². The predicted octanol–water partition coefficient (Wildman–Crippen LogP) is 0.710. The Labute approximate surface area is 103 Å². The number of hydrogen-bond donors (Lipinski definition) is 3. The number of rotatable bonds is 8. The molecule has 0 fully saturated rings. The summed E-state index contributed by atoms with van der Waals surface area (Å²) in [5.74, 6) is -0.977. The number of carbonyl (C=O) groups is 1. The molecule has 0 aliphatic heterocycles. The second-order valence-electron chi connectivity index (χ2n) is 4.39. The third-order valence-corrected chi connectivity index (χ3v) is 4.10. The molecule has 6 nitrogen and oxygen atoms in total. The van der Waals surface area contributed by atoms with Crippen LogP contribution >= 0.6 is 0 Å². The summed E-state index contributed by atoms with van der Waals surface area (Å²) in [5, 5.41) is 9.15. The number of nitrogens with one attached hydrogen (secondary N) is 2. The lowest BCUT2D eigenvalue weighted by Crippen LogP contribution is -2.47. The maximum Gasteiger partial charge on any atom is 0.310 e. The van der Waals surface area contributed by atoms with E-state index in [0.717, 1.165) is 0 Å². The minimum absolute atomic E-state index is 0.0998. The highest BCUT2D eigenvalue weighted by atomic mass is 32.2. The summed E-state index contributed by atoms with van der Waals surface area (Å²) in [7, 11) is -3.63. The first-order chi connectivity index (χ1) is 7.69. The molecule has 0 bridgehead atoms. The minimum atomic E-state index is -3.63. The molecule has 102 valence electrons. The Morgan fingerprint density at radius 2 is 1.76 bits per heavy atom. The summed E-state index contributed by atoms with van der Waals surface area (Å²) in [4.78, 5) is 11.2. The molecule has 0 radical (unpaired) electrons. The molecule has 3 N–H and O–H groups in total. The first-order valence-electron chi connectivity index (χ1n) is 5.69. The summed E-state index contributed by atoms with van der Waals surface area (Å²) in [5.41, 5.74) is -1.04. The van der Waals surface area contributed by atoms with Gasteiger partial charge in [0.25, 0.3) is 10.2 Å². The Hall–Kier alpha value is -0.660. The number of aliphatic carboxylic acids is 1. The van der Waals surface area contributed by atoms with Crippen LogP contribution in [-0.2, 0) is 15.0 Å². The van der Waals surface area contributed by atoms with E-state index < -0.39 is 21.6 Å². The lowest BCUT2D eigenvalue weighted by Gasteiger charge is -2.27. The lowest BCUT2D eigenvalue weighted by atomic mass is 9.83. The van der Waals surface area contributed by atoms with Crippen LogP contribution in [0.2, 0.25) is 0 Å². The van der Waals surface area contributed by atoms with Gasteiger partial charge in [0.15, 0.2) is 0 Å². The van der Waals surface area contributed by atoms with Gasteiger partial charge in [0.2, 0.25) is 0 Å². The Bertz CT molecular complexity index is 347. The van der Waals surface area contributed by atoms with Crippen molar-refractivity contribution >= 4 is 16.2 Å². The average molecular weight is 266 g/mol. The zero-order valence-corrected chi connectivity index (χ0v) is 11.6. The van der Waals surface area contributed by atoms with Crippen LogP contribution in [0.25, 0.3) is 0 Å². The van der Waals surface area contributed by atoms with Crippen LogP contribution in [0.5, 0.6) is 0 Å². The van der Waals surface area contributed by atoms with Crippen molar-refractivity contribution in [1.82, 2.24) is 9.44 Å². The Morgan fingerprint density at radius 3 is 2.06 bits per heavy atom. The second kappa shape index (κ2) is 6.32. The van der Waals surface area contributed by atoms with Crippen LogP contribution in [0.3, 0.4) is 0 Å². The molecule has 0 atom stereocenters. The predicted molar refractivity (Wildman–Crippen MR) is 65.8 cm³/mol. The molecule has 0 aromatic heterocycles. The molecule has 0 amide bonds. The van der Waals surface area contributed by atoms with Crippen LogP contribution in [0.1, 0.15) is 40.5 Å². The molecule has 7 heteroatoms. The van der Waals surface area contributed by atoms with Crippen LogP contribution in [0.15, 0.2) is 0 Å². The maximum absolute atomic E-state index is 11.5. The number of hydrogen-bond acceptors (Lipinski definition) is 3. The Balaban J connectivity index is 4.67. The first-order valence-corrected chi connectivity index (χ1v) is 7.17. The van der Waals surface area contributed by atoms with Gasteiger partial charge >= 0.3 is 5.97 Å². The van der Waals surface area contributed by atoms with Crippen LogP contribution in [-0.4, -0.2) is 32.1 Å². The highest BCUT2D eigenvalue weighted by molar-refractivity contribution is 7.87. The van der Waals surface area contributed by atoms with Gasteiger partial charge in [-0.1, -0.05) is 13.8 Å². The van der Waals surface area contributed by atoms with E-state index in [4.69, 9.17) is 5.11 Å². The first kappa shape index (κ1) is 16.3. The molecule has 0 aliphatic carbocycles. The minimum Gasteiger partial charge on any atom is -0.481 e. The lowest BCUT2D eigenvalue weighted by molar-refractivity contribution is -0.149. The summed E-state index contributed by atoms with van der Waals surface area (Å²) < 4.78 is 27.7. The van der Waals surface area contributed by atoms with E-state index in [0.29, 0.717) is 12.8 Å². The van der Waals surface area contributed by atoms with Gasteiger partial charge in [-0.2, -0.15) is 13.1 Å². The molecule has 0 rings (SSSR count). The van der Waals surface area contributed by atoms with Crippen LogP contribution in [0, 0.1) is 5.41 Å². The average Bonchev–Trinajstić information content (AvgIpc) is 2.17.